The number of benzene rings is 6. The lowest BCUT2D eigenvalue weighted by Crippen LogP contribution is -1.96. The molecule has 53 heavy (non-hydrogen) atoms. The Morgan fingerprint density at radius 2 is 1.08 bits per heavy atom. The van der Waals surface area contributed by atoms with E-state index in [0.717, 1.165) is 45.9 Å². The molecule has 260 valence electrons. The molecule has 2 aromatic heterocycles. The maximum absolute atomic E-state index is 5.16. The van der Waals surface area contributed by atoms with Crippen LogP contribution in [0, 0.1) is 0 Å². The summed E-state index contributed by atoms with van der Waals surface area (Å²) in [4.78, 5) is 10.2. The van der Waals surface area contributed by atoms with Gasteiger partial charge in [0.05, 0.1) is 22.4 Å². The average Bonchev–Trinajstić information content (AvgIpc) is 3.56. The summed E-state index contributed by atoms with van der Waals surface area (Å²) in [6.07, 6.45) is 10.9. The van der Waals surface area contributed by atoms with E-state index < -0.39 is 0 Å². The lowest BCUT2D eigenvalue weighted by molar-refractivity contribution is 0.607. The minimum Gasteiger partial charge on any atom is -0.309 e. The van der Waals surface area contributed by atoms with Crippen molar-refractivity contribution in [3.8, 4) is 50.7 Å². The van der Waals surface area contributed by atoms with Crippen LogP contribution in [0.4, 0.5) is 0 Å². The Morgan fingerprint density at radius 3 is 1.74 bits per heavy atom. The summed E-state index contributed by atoms with van der Waals surface area (Å²) in [6.45, 7) is 6.22. The monoisotopic (exact) mass is 687 g/mol. The van der Waals surface area contributed by atoms with Crippen LogP contribution in [0.5, 0.6) is 0 Å². The second-order valence-corrected chi connectivity index (χ2v) is 14.0. The quantitative estimate of drug-likeness (QED) is 0.113. The SMILES string of the molecule is C=Cc1ccc(-c2ccc3c(c2)c2cc(-c4cc(-c5ccccc5)nc(-c5ccccc5)n4)ccc2n3-c2ccc(CCCCCCCC)cc2)cc1. The predicted octanol–water partition coefficient (Wildman–Crippen LogP) is 13.8. The average molecular weight is 688 g/mol. The summed E-state index contributed by atoms with van der Waals surface area (Å²) < 4.78 is 2.42. The van der Waals surface area contributed by atoms with E-state index in [1.807, 2.05) is 30.3 Å². The fourth-order valence-electron chi connectivity index (χ4n) is 7.44. The summed E-state index contributed by atoms with van der Waals surface area (Å²) in [5.74, 6) is 0.718. The fourth-order valence-corrected chi connectivity index (χ4v) is 7.44. The molecule has 0 saturated carbocycles. The van der Waals surface area contributed by atoms with Crippen LogP contribution in [-0.2, 0) is 6.42 Å². The van der Waals surface area contributed by atoms with E-state index in [1.165, 1.54) is 82.7 Å². The minimum atomic E-state index is 0.718. The zero-order valence-corrected chi connectivity index (χ0v) is 30.5. The Labute approximate surface area is 313 Å². The van der Waals surface area contributed by atoms with Crippen molar-refractivity contribution in [1.82, 2.24) is 14.5 Å². The van der Waals surface area contributed by atoms with Crippen molar-refractivity contribution >= 4 is 27.9 Å². The smallest absolute Gasteiger partial charge is 0.160 e. The topological polar surface area (TPSA) is 30.7 Å². The van der Waals surface area contributed by atoms with Crippen molar-refractivity contribution in [2.24, 2.45) is 0 Å². The van der Waals surface area contributed by atoms with Gasteiger partial charge >= 0.3 is 0 Å². The van der Waals surface area contributed by atoms with Crippen molar-refractivity contribution in [2.45, 2.75) is 51.9 Å². The first-order valence-corrected chi connectivity index (χ1v) is 19.1. The van der Waals surface area contributed by atoms with Crippen molar-refractivity contribution in [2.75, 3.05) is 0 Å². The van der Waals surface area contributed by atoms with Crippen LogP contribution in [0.15, 0.2) is 158 Å². The van der Waals surface area contributed by atoms with Crippen LogP contribution in [-0.4, -0.2) is 14.5 Å². The molecule has 3 heteroatoms. The van der Waals surface area contributed by atoms with Gasteiger partial charge in [-0.25, -0.2) is 9.97 Å². The highest BCUT2D eigenvalue weighted by molar-refractivity contribution is 6.11. The van der Waals surface area contributed by atoms with Gasteiger partial charge in [0.25, 0.3) is 0 Å². The zero-order valence-electron chi connectivity index (χ0n) is 30.5. The predicted molar refractivity (Wildman–Crippen MR) is 225 cm³/mol. The van der Waals surface area contributed by atoms with Gasteiger partial charge in [-0.15, -0.1) is 0 Å². The van der Waals surface area contributed by atoms with Crippen molar-refractivity contribution in [3.05, 3.63) is 169 Å². The van der Waals surface area contributed by atoms with Gasteiger partial charge in [0.1, 0.15) is 0 Å². The number of nitrogens with zero attached hydrogens (tertiary/aromatic N) is 3. The number of rotatable bonds is 13. The van der Waals surface area contributed by atoms with E-state index in [-0.39, 0.29) is 0 Å². The summed E-state index contributed by atoms with van der Waals surface area (Å²) in [6, 6.07) is 54.3. The number of aromatic nitrogens is 3. The largest absolute Gasteiger partial charge is 0.309 e. The Morgan fingerprint density at radius 1 is 0.509 bits per heavy atom. The molecule has 8 rings (SSSR count). The van der Waals surface area contributed by atoms with Crippen LogP contribution in [0.25, 0.3) is 78.6 Å². The van der Waals surface area contributed by atoms with Gasteiger partial charge in [0, 0.05) is 33.2 Å². The molecular weight excluding hydrogens is 643 g/mol. The van der Waals surface area contributed by atoms with Crippen molar-refractivity contribution < 1.29 is 0 Å². The molecule has 0 N–H and O–H groups in total. The Kier molecular flexibility index (Phi) is 10.1. The molecule has 0 radical (unpaired) electrons. The lowest BCUT2D eigenvalue weighted by atomic mass is 10.0. The second-order valence-electron chi connectivity index (χ2n) is 14.0. The third-order valence-corrected chi connectivity index (χ3v) is 10.4. The molecule has 0 fully saturated rings. The number of fused-ring (bicyclic) bond motifs is 3. The molecule has 0 aliphatic carbocycles. The molecule has 0 aliphatic rings. The van der Waals surface area contributed by atoms with Gasteiger partial charge in [-0.2, -0.15) is 0 Å². The lowest BCUT2D eigenvalue weighted by Gasteiger charge is -2.11. The molecule has 0 amide bonds. The fraction of sp³-hybridized carbons (Fsp3) is 0.160. The number of aryl methyl sites for hydroxylation is 1. The zero-order chi connectivity index (χ0) is 36.0. The summed E-state index contributed by atoms with van der Waals surface area (Å²) in [7, 11) is 0. The van der Waals surface area contributed by atoms with Crippen LogP contribution >= 0.6 is 0 Å². The maximum atomic E-state index is 5.16. The van der Waals surface area contributed by atoms with E-state index in [1.54, 1.807) is 0 Å². The van der Waals surface area contributed by atoms with E-state index in [9.17, 15) is 0 Å². The third kappa shape index (κ3) is 7.34. The Balaban J connectivity index is 1.24. The number of hydrogen-bond acceptors (Lipinski definition) is 2. The van der Waals surface area contributed by atoms with Crippen LogP contribution in [0.2, 0.25) is 0 Å². The first-order chi connectivity index (χ1) is 26.2. The maximum Gasteiger partial charge on any atom is 0.160 e. The molecule has 0 spiro atoms. The van der Waals surface area contributed by atoms with Gasteiger partial charge in [0.2, 0.25) is 0 Å². The van der Waals surface area contributed by atoms with Crippen LogP contribution < -0.4 is 0 Å². The Hall–Kier alpha value is -6.06. The van der Waals surface area contributed by atoms with Crippen LogP contribution in [0.3, 0.4) is 0 Å². The van der Waals surface area contributed by atoms with Gasteiger partial charge in [-0.1, -0.05) is 161 Å². The van der Waals surface area contributed by atoms with Crippen molar-refractivity contribution in [3.63, 3.8) is 0 Å². The summed E-state index contributed by atoms with van der Waals surface area (Å²) >= 11 is 0. The second kappa shape index (κ2) is 15.7. The molecule has 2 heterocycles. The molecule has 0 unspecified atom stereocenters. The molecule has 0 atom stereocenters. The number of hydrogen-bond donors (Lipinski definition) is 0. The molecule has 0 aliphatic heterocycles. The molecule has 8 aromatic rings. The van der Waals surface area contributed by atoms with Gasteiger partial charge < -0.3 is 4.57 Å². The van der Waals surface area contributed by atoms with E-state index in [4.69, 9.17) is 9.97 Å². The Bertz CT molecular complexity index is 2420. The molecule has 0 bridgehead atoms. The van der Waals surface area contributed by atoms with Crippen molar-refractivity contribution in [1.29, 1.82) is 0 Å². The van der Waals surface area contributed by atoms with E-state index >= 15 is 0 Å². The molecule has 6 aromatic carbocycles. The molecule has 0 saturated heterocycles. The minimum absolute atomic E-state index is 0.718. The van der Waals surface area contributed by atoms with Gasteiger partial charge in [-0.05, 0) is 77.6 Å². The highest BCUT2D eigenvalue weighted by Gasteiger charge is 2.17. The first-order valence-electron chi connectivity index (χ1n) is 19.1. The van der Waals surface area contributed by atoms with E-state index in [0.29, 0.717) is 0 Å². The molecular formula is C50H45N3. The van der Waals surface area contributed by atoms with Crippen LogP contribution in [0.1, 0.15) is 56.6 Å². The van der Waals surface area contributed by atoms with Gasteiger partial charge in [0.15, 0.2) is 5.82 Å². The third-order valence-electron chi connectivity index (χ3n) is 10.4. The normalized spacial score (nSPS) is 11.3. The van der Waals surface area contributed by atoms with E-state index in [2.05, 4.69) is 145 Å². The summed E-state index contributed by atoms with van der Waals surface area (Å²) in [5, 5.41) is 2.41. The number of unbranched alkanes of at least 4 members (excludes halogenated alkanes) is 5. The molecule has 3 nitrogen and oxygen atoms in total. The summed E-state index contributed by atoms with van der Waals surface area (Å²) in [5.41, 5.74) is 13.4. The highest BCUT2D eigenvalue weighted by atomic mass is 15.0. The van der Waals surface area contributed by atoms with Gasteiger partial charge in [-0.3, -0.25) is 0 Å². The first kappa shape index (κ1) is 34.0. The highest BCUT2D eigenvalue weighted by Crippen LogP contribution is 2.38. The standard InChI is InChI=1S/C50H45N3/c1-3-5-6-7-8-11-16-37-23-29-43(30-24-37)53-48-31-27-41(38-25-21-36(4-2)22-26-38)33-44(48)45-34-42(28-32-49(45)53)47-35-46(39-17-12-9-13-18-39)51-50(52-47)40-19-14-10-15-20-40/h4,9-10,12-15,17-35H,2-3,5-8,11,16H2,1H3.